The van der Waals surface area contributed by atoms with Gasteiger partial charge in [0.05, 0.1) is 6.61 Å². The van der Waals surface area contributed by atoms with Gasteiger partial charge in [0.2, 0.25) is 0 Å². The molecule has 15 heavy (non-hydrogen) atoms. The lowest BCUT2D eigenvalue weighted by Gasteiger charge is -2.09. The van der Waals surface area contributed by atoms with Gasteiger partial charge in [-0.15, -0.1) is 13.2 Å². The third-order valence-electron chi connectivity index (χ3n) is 2.51. The van der Waals surface area contributed by atoms with Crippen molar-refractivity contribution in [3.63, 3.8) is 0 Å². The van der Waals surface area contributed by atoms with Crippen molar-refractivity contribution in [2.45, 2.75) is 33.7 Å². The van der Waals surface area contributed by atoms with E-state index in [1.54, 1.807) is 4.57 Å². The zero-order chi connectivity index (χ0) is 11.6. The first-order valence-corrected chi connectivity index (χ1v) is 4.65. The predicted molar refractivity (Wildman–Crippen MR) is 50.7 cm³/mol. The van der Waals surface area contributed by atoms with E-state index in [1.807, 2.05) is 27.0 Å². The quantitative estimate of drug-likeness (QED) is 0.765. The molecule has 0 fully saturated rings. The second-order valence-electron chi connectivity index (χ2n) is 3.51. The second kappa shape index (κ2) is 4.26. The molecule has 0 aliphatic rings. The summed E-state index contributed by atoms with van der Waals surface area (Å²) in [5.41, 5.74) is 3.18. The van der Waals surface area contributed by atoms with Crippen LogP contribution in [0, 0.1) is 20.8 Å². The highest BCUT2D eigenvalue weighted by Gasteiger charge is 2.28. The van der Waals surface area contributed by atoms with Gasteiger partial charge in [0.25, 0.3) is 0 Å². The van der Waals surface area contributed by atoms with Crippen LogP contribution in [0.5, 0.6) is 0 Å². The Hall–Kier alpha value is -0.970. The standard InChI is InChI=1S/C10H14F3NO/c1-7-6-14(9(3)8(7)2)4-5-15-10(11,12)13/h6H,4-5H2,1-3H3. The van der Waals surface area contributed by atoms with E-state index in [0.29, 0.717) is 0 Å². The molecule has 0 amide bonds. The van der Waals surface area contributed by atoms with E-state index in [-0.39, 0.29) is 13.2 Å². The summed E-state index contributed by atoms with van der Waals surface area (Å²) < 4.78 is 40.6. The van der Waals surface area contributed by atoms with Crippen molar-refractivity contribution in [3.8, 4) is 0 Å². The third kappa shape index (κ3) is 3.27. The maximum atomic E-state index is 11.7. The van der Waals surface area contributed by atoms with Crippen LogP contribution in [0.15, 0.2) is 6.20 Å². The van der Waals surface area contributed by atoms with E-state index in [2.05, 4.69) is 4.74 Å². The highest BCUT2D eigenvalue weighted by Crippen LogP contribution is 2.17. The average Bonchev–Trinajstić information content (AvgIpc) is 2.32. The Morgan fingerprint density at radius 3 is 2.27 bits per heavy atom. The topological polar surface area (TPSA) is 14.2 Å². The van der Waals surface area contributed by atoms with Crippen molar-refractivity contribution in [1.82, 2.24) is 4.57 Å². The van der Waals surface area contributed by atoms with E-state index < -0.39 is 6.36 Å². The summed E-state index contributed by atoms with van der Waals surface area (Å²) in [6.45, 7) is 5.64. The lowest BCUT2D eigenvalue weighted by atomic mass is 10.2. The summed E-state index contributed by atoms with van der Waals surface area (Å²) in [6.07, 6.45) is -2.70. The number of rotatable bonds is 3. The molecule has 0 saturated heterocycles. The molecule has 0 unspecified atom stereocenters. The Labute approximate surface area is 86.7 Å². The van der Waals surface area contributed by atoms with Gasteiger partial charge < -0.3 is 4.57 Å². The average molecular weight is 221 g/mol. The molecule has 0 aromatic carbocycles. The van der Waals surface area contributed by atoms with Crippen LogP contribution in [0.25, 0.3) is 0 Å². The summed E-state index contributed by atoms with van der Waals surface area (Å²) in [7, 11) is 0. The molecule has 5 heteroatoms. The Morgan fingerprint density at radius 1 is 1.27 bits per heavy atom. The lowest BCUT2D eigenvalue weighted by Crippen LogP contribution is -2.17. The van der Waals surface area contributed by atoms with Crippen LogP contribution in [0.2, 0.25) is 0 Å². The fourth-order valence-corrected chi connectivity index (χ4v) is 1.42. The monoisotopic (exact) mass is 221 g/mol. The van der Waals surface area contributed by atoms with E-state index in [9.17, 15) is 13.2 Å². The Kier molecular flexibility index (Phi) is 3.44. The molecule has 0 radical (unpaired) electrons. The summed E-state index contributed by atoms with van der Waals surface area (Å²) in [5.74, 6) is 0. The zero-order valence-electron chi connectivity index (χ0n) is 8.98. The summed E-state index contributed by atoms with van der Waals surface area (Å²) in [5, 5.41) is 0. The Bertz CT molecular complexity index is 341. The Balaban J connectivity index is 2.55. The summed E-state index contributed by atoms with van der Waals surface area (Å²) in [4.78, 5) is 0. The van der Waals surface area contributed by atoms with Gasteiger partial charge in [0.15, 0.2) is 0 Å². The minimum Gasteiger partial charge on any atom is -0.349 e. The first-order valence-electron chi connectivity index (χ1n) is 4.65. The molecule has 0 aliphatic carbocycles. The molecule has 1 rings (SSSR count). The van der Waals surface area contributed by atoms with Crippen molar-refractivity contribution in [2.24, 2.45) is 0 Å². The maximum absolute atomic E-state index is 11.7. The van der Waals surface area contributed by atoms with Gasteiger partial charge in [-0.05, 0) is 31.9 Å². The summed E-state index contributed by atoms with van der Waals surface area (Å²) >= 11 is 0. The van der Waals surface area contributed by atoms with Crippen molar-refractivity contribution in [2.75, 3.05) is 6.61 Å². The van der Waals surface area contributed by atoms with Crippen molar-refractivity contribution in [1.29, 1.82) is 0 Å². The zero-order valence-corrected chi connectivity index (χ0v) is 8.98. The number of ether oxygens (including phenoxy) is 1. The SMILES string of the molecule is Cc1cn(CCOC(F)(F)F)c(C)c1C. The summed E-state index contributed by atoms with van der Waals surface area (Å²) in [6, 6.07) is 0. The van der Waals surface area contributed by atoms with E-state index in [0.717, 1.165) is 16.8 Å². The molecule has 1 aromatic heterocycles. The van der Waals surface area contributed by atoms with Gasteiger partial charge in [-0.1, -0.05) is 0 Å². The molecule has 86 valence electrons. The second-order valence-corrected chi connectivity index (χ2v) is 3.51. The molecule has 1 heterocycles. The number of aromatic nitrogens is 1. The fourth-order valence-electron chi connectivity index (χ4n) is 1.42. The van der Waals surface area contributed by atoms with Crippen molar-refractivity contribution >= 4 is 0 Å². The maximum Gasteiger partial charge on any atom is 0.522 e. The van der Waals surface area contributed by atoms with Crippen molar-refractivity contribution < 1.29 is 17.9 Å². The minimum atomic E-state index is -4.54. The van der Waals surface area contributed by atoms with Crippen LogP contribution in [0.4, 0.5) is 13.2 Å². The van der Waals surface area contributed by atoms with E-state index >= 15 is 0 Å². The van der Waals surface area contributed by atoms with Crippen LogP contribution in [-0.2, 0) is 11.3 Å². The molecule has 0 spiro atoms. The lowest BCUT2D eigenvalue weighted by molar-refractivity contribution is -0.325. The van der Waals surface area contributed by atoms with Crippen LogP contribution in [-0.4, -0.2) is 17.5 Å². The van der Waals surface area contributed by atoms with Gasteiger partial charge in [-0.3, -0.25) is 4.74 Å². The molecule has 1 aromatic rings. The number of alkyl halides is 3. The highest BCUT2D eigenvalue weighted by atomic mass is 19.4. The third-order valence-corrected chi connectivity index (χ3v) is 2.51. The first kappa shape index (κ1) is 12.1. The normalized spacial score (nSPS) is 12.1. The minimum absolute atomic E-state index is 0.222. The Morgan fingerprint density at radius 2 is 1.87 bits per heavy atom. The first-order chi connectivity index (χ1) is 6.81. The number of hydrogen-bond acceptors (Lipinski definition) is 1. The van der Waals surface area contributed by atoms with Gasteiger partial charge in [-0.2, -0.15) is 0 Å². The van der Waals surface area contributed by atoms with Gasteiger partial charge in [0.1, 0.15) is 0 Å². The smallest absolute Gasteiger partial charge is 0.349 e. The largest absolute Gasteiger partial charge is 0.522 e. The highest BCUT2D eigenvalue weighted by molar-refractivity contribution is 5.28. The number of aryl methyl sites for hydroxylation is 1. The fraction of sp³-hybridized carbons (Fsp3) is 0.600. The van der Waals surface area contributed by atoms with E-state index in [1.165, 1.54) is 0 Å². The molecular formula is C10H14F3NO. The van der Waals surface area contributed by atoms with Gasteiger partial charge >= 0.3 is 6.36 Å². The molecule has 0 bridgehead atoms. The van der Waals surface area contributed by atoms with Crippen LogP contribution >= 0.6 is 0 Å². The molecule has 0 aliphatic heterocycles. The number of hydrogen-bond donors (Lipinski definition) is 0. The number of halogens is 3. The van der Waals surface area contributed by atoms with E-state index in [4.69, 9.17) is 0 Å². The molecular weight excluding hydrogens is 207 g/mol. The van der Waals surface area contributed by atoms with Crippen LogP contribution in [0.3, 0.4) is 0 Å². The van der Waals surface area contributed by atoms with Gasteiger partial charge in [0, 0.05) is 18.4 Å². The van der Waals surface area contributed by atoms with Crippen LogP contribution in [0.1, 0.15) is 16.8 Å². The van der Waals surface area contributed by atoms with Crippen LogP contribution < -0.4 is 0 Å². The predicted octanol–water partition coefficient (Wildman–Crippen LogP) is 2.95. The molecule has 0 N–H and O–H groups in total. The van der Waals surface area contributed by atoms with Crippen molar-refractivity contribution in [3.05, 3.63) is 23.0 Å². The molecule has 2 nitrogen and oxygen atoms in total. The van der Waals surface area contributed by atoms with Gasteiger partial charge in [-0.25, -0.2) is 0 Å². The molecule has 0 saturated carbocycles. The number of nitrogens with zero attached hydrogens (tertiary/aromatic N) is 1. The molecule has 0 atom stereocenters.